The van der Waals surface area contributed by atoms with E-state index in [-0.39, 0.29) is 28.2 Å². The molecule has 0 aliphatic heterocycles. The Kier molecular flexibility index (Phi) is 5.17. The van der Waals surface area contributed by atoms with Crippen LogP contribution in [-0.4, -0.2) is 27.0 Å². The summed E-state index contributed by atoms with van der Waals surface area (Å²) in [6.07, 6.45) is -0.979. The Morgan fingerprint density at radius 2 is 2.00 bits per heavy atom. The van der Waals surface area contributed by atoms with Crippen LogP contribution >= 0.6 is 0 Å². The lowest BCUT2D eigenvalue weighted by molar-refractivity contribution is -0.137. The van der Waals surface area contributed by atoms with Gasteiger partial charge in [0.15, 0.2) is 0 Å². The summed E-state index contributed by atoms with van der Waals surface area (Å²) < 4.78 is 44.7. The van der Waals surface area contributed by atoms with Gasteiger partial charge in [-0.2, -0.15) is 18.4 Å². The zero-order valence-corrected chi connectivity index (χ0v) is 16.2. The van der Waals surface area contributed by atoms with E-state index in [2.05, 4.69) is 25.3 Å². The SMILES string of the molecule is COc1ccccc1CNc1ncc(C#N)c(-c2c[nH]c3ncc(C(F)(F)F)cc23)n1. The third-order valence-electron chi connectivity index (χ3n) is 4.65. The number of pyridine rings is 1. The smallest absolute Gasteiger partial charge is 0.417 e. The molecule has 4 aromatic rings. The summed E-state index contributed by atoms with van der Waals surface area (Å²) in [4.78, 5) is 15.2. The minimum atomic E-state index is -4.54. The number of hydrogen-bond donors (Lipinski definition) is 2. The molecule has 0 radical (unpaired) electrons. The number of aromatic nitrogens is 4. The maximum absolute atomic E-state index is 13.1. The number of ether oxygens (including phenoxy) is 1. The number of hydrogen-bond acceptors (Lipinski definition) is 6. The lowest BCUT2D eigenvalue weighted by atomic mass is 10.1. The van der Waals surface area contributed by atoms with E-state index in [1.54, 1.807) is 7.11 Å². The predicted octanol–water partition coefficient (Wildman–Crippen LogP) is 4.53. The van der Waals surface area contributed by atoms with Gasteiger partial charge in [0.2, 0.25) is 5.95 Å². The molecule has 0 spiro atoms. The van der Waals surface area contributed by atoms with E-state index >= 15 is 0 Å². The Morgan fingerprint density at radius 3 is 2.74 bits per heavy atom. The van der Waals surface area contributed by atoms with Crippen LogP contribution in [-0.2, 0) is 12.7 Å². The van der Waals surface area contributed by atoms with Crippen molar-refractivity contribution in [3.05, 3.63) is 65.6 Å². The lowest BCUT2D eigenvalue weighted by Gasteiger charge is -2.11. The molecule has 0 aliphatic rings. The second kappa shape index (κ2) is 7.95. The number of benzene rings is 1. The zero-order chi connectivity index (χ0) is 22.0. The number of methoxy groups -OCH3 is 1. The zero-order valence-electron chi connectivity index (χ0n) is 16.2. The van der Waals surface area contributed by atoms with E-state index in [4.69, 9.17) is 4.74 Å². The number of nitrogens with one attached hydrogen (secondary N) is 2. The number of H-pyrrole nitrogens is 1. The Labute approximate surface area is 174 Å². The molecule has 0 unspecified atom stereocenters. The molecular formula is C21H15F3N6O. The summed E-state index contributed by atoms with van der Waals surface area (Å²) in [6.45, 7) is 0.350. The minimum Gasteiger partial charge on any atom is -0.496 e. The Balaban J connectivity index is 1.73. The van der Waals surface area contributed by atoms with Crippen molar-refractivity contribution in [3.8, 4) is 23.1 Å². The maximum atomic E-state index is 13.1. The molecule has 2 N–H and O–H groups in total. The van der Waals surface area contributed by atoms with E-state index in [0.29, 0.717) is 17.9 Å². The highest BCUT2D eigenvalue weighted by atomic mass is 19.4. The van der Waals surface area contributed by atoms with Crippen LogP contribution in [0.25, 0.3) is 22.3 Å². The van der Waals surface area contributed by atoms with Gasteiger partial charge in [-0.05, 0) is 12.1 Å². The van der Waals surface area contributed by atoms with Crippen molar-refractivity contribution in [1.29, 1.82) is 5.26 Å². The van der Waals surface area contributed by atoms with Gasteiger partial charge in [0.05, 0.1) is 30.1 Å². The van der Waals surface area contributed by atoms with Crippen molar-refractivity contribution < 1.29 is 17.9 Å². The van der Waals surface area contributed by atoms with Crippen LogP contribution in [0, 0.1) is 11.3 Å². The van der Waals surface area contributed by atoms with Crippen molar-refractivity contribution in [2.24, 2.45) is 0 Å². The number of anilines is 1. The maximum Gasteiger partial charge on any atom is 0.417 e. The monoisotopic (exact) mass is 424 g/mol. The quantitative estimate of drug-likeness (QED) is 0.488. The Hall–Kier alpha value is -4.13. The largest absolute Gasteiger partial charge is 0.496 e. The molecule has 3 heterocycles. The van der Waals surface area contributed by atoms with Crippen LogP contribution in [0.1, 0.15) is 16.7 Å². The highest BCUT2D eigenvalue weighted by Gasteiger charge is 2.31. The molecule has 31 heavy (non-hydrogen) atoms. The first-order valence-corrected chi connectivity index (χ1v) is 9.08. The number of fused-ring (bicyclic) bond motifs is 1. The molecule has 0 bridgehead atoms. The summed E-state index contributed by atoms with van der Waals surface area (Å²) in [6, 6.07) is 10.4. The fourth-order valence-corrected chi connectivity index (χ4v) is 3.13. The molecule has 0 fully saturated rings. The first-order valence-electron chi connectivity index (χ1n) is 9.08. The van der Waals surface area contributed by atoms with E-state index < -0.39 is 11.7 Å². The molecule has 0 saturated carbocycles. The standard InChI is InChI=1S/C21H15F3N6O/c1-31-17-5-3-2-4-12(17)8-28-20-29-9-13(7-25)18(30-20)16-11-27-19-15(16)6-14(10-26-19)21(22,23)24/h2-6,9-11H,8H2,1H3,(H,26,27)(H,28,29,30). The van der Waals surface area contributed by atoms with Gasteiger partial charge in [-0.15, -0.1) is 0 Å². The first kappa shape index (κ1) is 20.2. The summed E-state index contributed by atoms with van der Waals surface area (Å²) in [7, 11) is 1.56. The van der Waals surface area contributed by atoms with Gasteiger partial charge < -0.3 is 15.0 Å². The summed E-state index contributed by atoms with van der Waals surface area (Å²) >= 11 is 0. The van der Waals surface area contributed by atoms with Gasteiger partial charge in [-0.1, -0.05) is 18.2 Å². The summed E-state index contributed by atoms with van der Waals surface area (Å²) in [5, 5.41) is 12.7. The number of nitriles is 1. The molecule has 7 nitrogen and oxygen atoms in total. The van der Waals surface area contributed by atoms with Crippen LogP contribution < -0.4 is 10.1 Å². The normalized spacial score (nSPS) is 11.3. The highest BCUT2D eigenvalue weighted by Crippen LogP contribution is 2.34. The third kappa shape index (κ3) is 3.98. The average molecular weight is 424 g/mol. The van der Waals surface area contributed by atoms with Gasteiger partial charge in [0, 0.05) is 35.5 Å². The molecule has 0 saturated heterocycles. The second-order valence-electron chi connectivity index (χ2n) is 6.55. The number of nitrogens with zero attached hydrogens (tertiary/aromatic N) is 4. The van der Waals surface area contributed by atoms with Crippen LogP contribution in [0.5, 0.6) is 5.75 Å². The van der Waals surface area contributed by atoms with Crippen LogP contribution in [0.3, 0.4) is 0 Å². The van der Waals surface area contributed by atoms with Gasteiger partial charge in [0.1, 0.15) is 17.5 Å². The Morgan fingerprint density at radius 1 is 1.19 bits per heavy atom. The predicted molar refractivity (Wildman–Crippen MR) is 107 cm³/mol. The van der Waals surface area contributed by atoms with Gasteiger partial charge in [0.25, 0.3) is 0 Å². The van der Waals surface area contributed by atoms with E-state index in [1.807, 2.05) is 30.3 Å². The number of para-hydroxylation sites is 1. The van der Waals surface area contributed by atoms with Gasteiger partial charge in [-0.3, -0.25) is 0 Å². The van der Waals surface area contributed by atoms with E-state index in [1.165, 1.54) is 12.4 Å². The fourth-order valence-electron chi connectivity index (χ4n) is 3.13. The highest BCUT2D eigenvalue weighted by molar-refractivity contribution is 5.94. The average Bonchev–Trinajstić information content (AvgIpc) is 3.20. The van der Waals surface area contributed by atoms with E-state index in [9.17, 15) is 18.4 Å². The first-order chi connectivity index (χ1) is 14.9. The van der Waals surface area contributed by atoms with Crippen molar-refractivity contribution in [1.82, 2.24) is 19.9 Å². The van der Waals surface area contributed by atoms with Crippen molar-refractivity contribution in [3.63, 3.8) is 0 Å². The fraction of sp³-hybridized carbons (Fsp3) is 0.143. The summed E-state index contributed by atoms with van der Waals surface area (Å²) in [5.41, 5.74) is 0.893. The van der Waals surface area contributed by atoms with Crippen molar-refractivity contribution in [2.45, 2.75) is 12.7 Å². The van der Waals surface area contributed by atoms with Crippen LogP contribution in [0.15, 0.2) is 48.9 Å². The molecule has 0 amide bonds. The Bertz CT molecular complexity index is 1290. The third-order valence-corrected chi connectivity index (χ3v) is 4.65. The second-order valence-corrected chi connectivity index (χ2v) is 6.55. The van der Waals surface area contributed by atoms with Crippen molar-refractivity contribution >= 4 is 17.0 Å². The van der Waals surface area contributed by atoms with Gasteiger partial charge in [-0.25, -0.2) is 15.0 Å². The molecule has 156 valence electrons. The van der Waals surface area contributed by atoms with Gasteiger partial charge >= 0.3 is 6.18 Å². The summed E-state index contributed by atoms with van der Waals surface area (Å²) in [5.74, 6) is 0.903. The molecule has 0 aliphatic carbocycles. The van der Waals surface area contributed by atoms with Crippen LogP contribution in [0.4, 0.5) is 19.1 Å². The molecule has 0 atom stereocenters. The number of alkyl halides is 3. The molecule has 1 aromatic carbocycles. The molecule has 4 rings (SSSR count). The minimum absolute atomic E-state index is 0.126. The van der Waals surface area contributed by atoms with E-state index in [0.717, 1.165) is 17.8 Å². The number of halogens is 3. The molecular weight excluding hydrogens is 409 g/mol. The lowest BCUT2D eigenvalue weighted by Crippen LogP contribution is -2.06. The molecule has 10 heteroatoms. The number of rotatable bonds is 5. The molecule has 3 aromatic heterocycles. The van der Waals surface area contributed by atoms with Crippen molar-refractivity contribution in [2.75, 3.05) is 12.4 Å². The number of aromatic amines is 1. The topological polar surface area (TPSA) is 99.5 Å². The van der Waals surface area contributed by atoms with Crippen LogP contribution in [0.2, 0.25) is 0 Å².